The third kappa shape index (κ3) is 2.36. The van der Waals surface area contributed by atoms with Gasteiger partial charge in [0.2, 0.25) is 0 Å². The van der Waals surface area contributed by atoms with Crippen LogP contribution in [0.2, 0.25) is 0 Å². The fraction of sp³-hybridized carbons (Fsp3) is 0.333. The normalized spacial score (nSPS) is 17.0. The molecular weight excluding hydrogens is 173 g/mol. The minimum atomic E-state index is -5.16. The number of rotatable bonds is 2. The van der Waals surface area contributed by atoms with Gasteiger partial charge in [-0.05, 0) is 0 Å². The van der Waals surface area contributed by atoms with Crippen LogP contribution < -0.4 is 0 Å². The second-order valence-corrected chi connectivity index (χ2v) is 2.77. The Bertz CT molecular complexity index is 231. The first kappa shape index (κ1) is 9.44. The second-order valence-electron chi connectivity index (χ2n) is 1.33. The van der Waals surface area contributed by atoms with Crippen molar-refractivity contribution in [2.45, 2.75) is 5.50 Å². The Morgan fingerprint density at radius 2 is 2.00 bits per heavy atom. The van der Waals surface area contributed by atoms with Gasteiger partial charge in [0.15, 0.2) is 5.83 Å². The molecule has 1 N–H and O–H groups in total. The molecule has 1 atom stereocenters. The van der Waals surface area contributed by atoms with E-state index in [9.17, 15) is 21.6 Å². The number of hydrogen-bond acceptors (Lipinski definition) is 2. The first-order valence-electron chi connectivity index (χ1n) is 1.95. The Morgan fingerprint density at radius 1 is 1.60 bits per heavy atom. The molecule has 3 nitrogen and oxygen atoms in total. The fourth-order valence-electron chi connectivity index (χ4n) is 0.192. The molecule has 0 aliphatic heterocycles. The zero-order chi connectivity index (χ0) is 8.36. The van der Waals surface area contributed by atoms with E-state index in [1.165, 1.54) is 0 Å². The van der Waals surface area contributed by atoms with Crippen LogP contribution in [0.3, 0.4) is 0 Å². The highest BCUT2D eigenvalue weighted by molar-refractivity contribution is 7.86. The highest BCUT2D eigenvalue weighted by atomic mass is 32.2. The summed E-state index contributed by atoms with van der Waals surface area (Å²) in [6.45, 7) is 0. The van der Waals surface area contributed by atoms with Gasteiger partial charge in [-0.1, -0.05) is 0 Å². The monoisotopic (exact) mass is 176 g/mol. The van der Waals surface area contributed by atoms with Crippen LogP contribution in [0.15, 0.2) is 12.2 Å². The van der Waals surface area contributed by atoms with E-state index < -0.39 is 27.8 Å². The van der Waals surface area contributed by atoms with Gasteiger partial charge in [0.05, 0.1) is 0 Å². The molecule has 10 heavy (non-hydrogen) atoms. The quantitative estimate of drug-likeness (QED) is 0.637. The fourth-order valence-corrected chi connectivity index (χ4v) is 0.528. The SMILES string of the molecule is O=S(=O)(O)C(F)C(F)=CF. The second kappa shape index (κ2) is 3.02. The summed E-state index contributed by atoms with van der Waals surface area (Å²) in [6, 6.07) is 0. The molecule has 0 heterocycles. The lowest BCUT2D eigenvalue weighted by atomic mass is 10.7. The van der Waals surface area contributed by atoms with Crippen molar-refractivity contribution in [3.8, 4) is 0 Å². The minimum Gasteiger partial charge on any atom is -0.283 e. The van der Waals surface area contributed by atoms with Crippen molar-refractivity contribution < 1.29 is 26.1 Å². The standard InChI is InChI=1S/C3H3F3O3S/c4-1-2(5)3(6)10(7,8)9/h1,3H,(H,7,8,9). The van der Waals surface area contributed by atoms with Crippen molar-refractivity contribution in [2.75, 3.05) is 0 Å². The molecule has 1 unspecified atom stereocenters. The molecule has 60 valence electrons. The Labute approximate surface area is 54.9 Å². The predicted octanol–water partition coefficient (Wildman–Crippen LogP) is 0.950. The first-order valence-corrected chi connectivity index (χ1v) is 3.46. The number of alkyl halides is 1. The van der Waals surface area contributed by atoms with Crippen molar-refractivity contribution in [3.63, 3.8) is 0 Å². The summed E-state index contributed by atoms with van der Waals surface area (Å²) in [6.07, 6.45) is -0.877. The van der Waals surface area contributed by atoms with Crippen LogP contribution in [0.5, 0.6) is 0 Å². The Morgan fingerprint density at radius 3 is 2.10 bits per heavy atom. The zero-order valence-electron chi connectivity index (χ0n) is 4.46. The molecule has 0 fully saturated rings. The van der Waals surface area contributed by atoms with Gasteiger partial charge >= 0.3 is 10.1 Å². The molecule has 0 aromatic rings. The van der Waals surface area contributed by atoms with E-state index in [1.807, 2.05) is 0 Å². The molecular formula is C3H3F3O3S. The Balaban J connectivity index is 4.55. The van der Waals surface area contributed by atoms with E-state index >= 15 is 0 Å². The molecule has 0 amide bonds. The molecule has 0 aliphatic rings. The van der Waals surface area contributed by atoms with Crippen molar-refractivity contribution in [1.29, 1.82) is 0 Å². The summed E-state index contributed by atoms with van der Waals surface area (Å²) in [4.78, 5) is 0. The van der Waals surface area contributed by atoms with Crippen LogP contribution >= 0.6 is 0 Å². The molecule has 0 saturated carbocycles. The summed E-state index contributed by atoms with van der Waals surface area (Å²) in [5.74, 6) is -2.18. The third-order valence-corrected chi connectivity index (χ3v) is 1.33. The summed E-state index contributed by atoms with van der Waals surface area (Å²) < 4.78 is 61.5. The van der Waals surface area contributed by atoms with E-state index in [0.717, 1.165) is 0 Å². The number of hydrogen-bond donors (Lipinski definition) is 1. The molecule has 0 radical (unpaired) electrons. The number of halogens is 3. The lowest BCUT2D eigenvalue weighted by molar-refractivity contribution is 0.357. The maximum absolute atomic E-state index is 11.8. The van der Waals surface area contributed by atoms with Crippen molar-refractivity contribution >= 4 is 10.1 Å². The Hall–Kier alpha value is -0.560. The van der Waals surface area contributed by atoms with Gasteiger partial charge in [0, 0.05) is 0 Å². The molecule has 0 bridgehead atoms. The third-order valence-electron chi connectivity index (χ3n) is 0.583. The average Bonchev–Trinajstić information content (AvgIpc) is 1.83. The van der Waals surface area contributed by atoms with Gasteiger partial charge in [0.25, 0.3) is 5.50 Å². The summed E-state index contributed by atoms with van der Waals surface area (Å²) in [5.41, 5.74) is -3.32. The summed E-state index contributed by atoms with van der Waals surface area (Å²) >= 11 is 0. The van der Waals surface area contributed by atoms with Gasteiger partial charge in [-0.15, -0.1) is 0 Å². The summed E-state index contributed by atoms with van der Waals surface area (Å²) in [7, 11) is -5.16. The van der Waals surface area contributed by atoms with Gasteiger partial charge in [0.1, 0.15) is 6.33 Å². The lowest BCUT2D eigenvalue weighted by Crippen LogP contribution is -2.15. The Kier molecular flexibility index (Phi) is 2.85. The van der Waals surface area contributed by atoms with Gasteiger partial charge in [-0.25, -0.2) is 13.2 Å². The van der Waals surface area contributed by atoms with Gasteiger partial charge in [-0.3, -0.25) is 4.55 Å². The van der Waals surface area contributed by atoms with Gasteiger partial charge < -0.3 is 0 Å². The van der Waals surface area contributed by atoms with Crippen LogP contribution in [-0.2, 0) is 10.1 Å². The first-order chi connectivity index (χ1) is 4.39. The summed E-state index contributed by atoms with van der Waals surface area (Å²) in [5, 5.41) is 0. The van der Waals surface area contributed by atoms with Crippen molar-refractivity contribution in [3.05, 3.63) is 12.2 Å². The highest BCUT2D eigenvalue weighted by Crippen LogP contribution is 2.13. The molecule has 0 rings (SSSR count). The van der Waals surface area contributed by atoms with E-state index in [4.69, 9.17) is 4.55 Å². The molecule has 0 aliphatic carbocycles. The molecule has 0 aromatic carbocycles. The molecule has 0 spiro atoms. The van der Waals surface area contributed by atoms with Crippen molar-refractivity contribution in [2.24, 2.45) is 0 Å². The molecule has 0 aromatic heterocycles. The van der Waals surface area contributed by atoms with E-state index in [0.29, 0.717) is 0 Å². The van der Waals surface area contributed by atoms with E-state index in [1.54, 1.807) is 0 Å². The van der Waals surface area contributed by atoms with Crippen LogP contribution in [0.4, 0.5) is 13.2 Å². The van der Waals surface area contributed by atoms with Crippen LogP contribution in [0, 0.1) is 0 Å². The predicted molar refractivity (Wildman–Crippen MR) is 26.7 cm³/mol. The van der Waals surface area contributed by atoms with Crippen LogP contribution in [0.25, 0.3) is 0 Å². The maximum atomic E-state index is 11.8. The molecule has 0 saturated heterocycles. The smallest absolute Gasteiger partial charge is 0.283 e. The van der Waals surface area contributed by atoms with E-state index in [2.05, 4.69) is 0 Å². The van der Waals surface area contributed by atoms with Crippen LogP contribution in [-0.4, -0.2) is 18.5 Å². The molecule has 7 heteroatoms. The maximum Gasteiger partial charge on any atom is 0.304 e. The van der Waals surface area contributed by atoms with E-state index in [-0.39, 0.29) is 0 Å². The largest absolute Gasteiger partial charge is 0.304 e. The minimum absolute atomic E-state index is 0.877. The lowest BCUT2D eigenvalue weighted by Gasteiger charge is -1.97. The van der Waals surface area contributed by atoms with Crippen molar-refractivity contribution in [1.82, 2.24) is 0 Å². The topological polar surface area (TPSA) is 54.4 Å². The highest BCUT2D eigenvalue weighted by Gasteiger charge is 2.27. The van der Waals surface area contributed by atoms with Gasteiger partial charge in [-0.2, -0.15) is 8.42 Å². The average molecular weight is 176 g/mol. The zero-order valence-corrected chi connectivity index (χ0v) is 5.28. The van der Waals surface area contributed by atoms with Crippen LogP contribution in [0.1, 0.15) is 0 Å².